The summed E-state index contributed by atoms with van der Waals surface area (Å²) in [5, 5.41) is 2.75. The van der Waals surface area contributed by atoms with E-state index in [0.717, 1.165) is 11.4 Å². The van der Waals surface area contributed by atoms with E-state index in [1.807, 2.05) is 49.4 Å². The van der Waals surface area contributed by atoms with E-state index >= 15 is 0 Å². The molecule has 1 atom stereocenters. The minimum atomic E-state index is -0.429. The molecule has 2 aromatic rings. The molecule has 0 spiro atoms. The van der Waals surface area contributed by atoms with Crippen LogP contribution in [0.4, 0.5) is 11.5 Å². The number of aryl methyl sites for hydroxylation is 1. The lowest BCUT2D eigenvalue weighted by molar-refractivity contribution is -0.124. The van der Waals surface area contributed by atoms with Crippen LogP contribution in [0.15, 0.2) is 48.5 Å². The Bertz CT molecular complexity index is 733. The molecular formula is C19H24N4O2. The molecule has 2 amide bonds. The van der Waals surface area contributed by atoms with Gasteiger partial charge in [-0.25, -0.2) is 4.98 Å². The summed E-state index contributed by atoms with van der Waals surface area (Å²) >= 11 is 0. The average molecular weight is 340 g/mol. The topological polar surface area (TPSA) is 65.5 Å². The lowest BCUT2D eigenvalue weighted by Gasteiger charge is -2.27. The Morgan fingerprint density at radius 1 is 1.08 bits per heavy atom. The van der Waals surface area contributed by atoms with E-state index in [4.69, 9.17) is 0 Å². The van der Waals surface area contributed by atoms with Gasteiger partial charge < -0.3 is 10.2 Å². The van der Waals surface area contributed by atoms with Gasteiger partial charge in [-0.1, -0.05) is 24.3 Å². The first-order valence-corrected chi connectivity index (χ1v) is 8.15. The van der Waals surface area contributed by atoms with Crippen molar-refractivity contribution in [2.24, 2.45) is 0 Å². The number of hydrogen-bond acceptors (Lipinski definition) is 4. The third kappa shape index (κ3) is 5.12. The van der Waals surface area contributed by atoms with Crippen LogP contribution >= 0.6 is 0 Å². The van der Waals surface area contributed by atoms with Crippen LogP contribution in [-0.4, -0.2) is 48.4 Å². The molecule has 0 aliphatic heterocycles. The standard InChI is InChI=1S/C19H24N4O2/c1-14-9-8-12-17(20-14)21-18(24)13-22(3)15(2)19(25)23(4)16-10-6-5-7-11-16/h5-12,15H,13H2,1-4H3,(H,20,21,24). The van der Waals surface area contributed by atoms with Crippen molar-refractivity contribution >= 4 is 23.3 Å². The lowest BCUT2D eigenvalue weighted by Crippen LogP contribution is -2.46. The number of pyridine rings is 1. The molecule has 0 bridgehead atoms. The van der Waals surface area contributed by atoms with Crippen molar-refractivity contribution in [1.29, 1.82) is 0 Å². The number of rotatable bonds is 6. The zero-order valence-electron chi connectivity index (χ0n) is 15.1. The average Bonchev–Trinajstić information content (AvgIpc) is 2.60. The first kappa shape index (κ1) is 18.6. The fraction of sp³-hybridized carbons (Fsp3) is 0.316. The van der Waals surface area contributed by atoms with Gasteiger partial charge in [0, 0.05) is 18.4 Å². The molecular weight excluding hydrogens is 316 g/mol. The maximum Gasteiger partial charge on any atom is 0.243 e. The molecule has 25 heavy (non-hydrogen) atoms. The highest BCUT2D eigenvalue weighted by atomic mass is 16.2. The Morgan fingerprint density at radius 3 is 2.40 bits per heavy atom. The molecule has 1 aromatic heterocycles. The van der Waals surface area contributed by atoms with Gasteiger partial charge in [-0.05, 0) is 45.2 Å². The molecule has 1 unspecified atom stereocenters. The first-order chi connectivity index (χ1) is 11.9. The van der Waals surface area contributed by atoms with E-state index < -0.39 is 6.04 Å². The number of benzene rings is 1. The lowest BCUT2D eigenvalue weighted by atomic mass is 10.2. The van der Waals surface area contributed by atoms with Crippen LogP contribution in [0.25, 0.3) is 0 Å². The van der Waals surface area contributed by atoms with Gasteiger partial charge in [0.1, 0.15) is 5.82 Å². The number of nitrogens with one attached hydrogen (secondary N) is 1. The number of para-hydroxylation sites is 1. The number of hydrogen-bond donors (Lipinski definition) is 1. The Kier molecular flexibility index (Phi) is 6.25. The monoisotopic (exact) mass is 340 g/mol. The van der Waals surface area contributed by atoms with Crippen LogP contribution in [0.2, 0.25) is 0 Å². The molecule has 0 radical (unpaired) electrons. The summed E-state index contributed by atoms with van der Waals surface area (Å²) in [7, 11) is 3.49. The molecule has 1 aromatic carbocycles. The van der Waals surface area contributed by atoms with E-state index in [0.29, 0.717) is 5.82 Å². The van der Waals surface area contributed by atoms with Crippen molar-refractivity contribution < 1.29 is 9.59 Å². The Morgan fingerprint density at radius 2 is 1.76 bits per heavy atom. The maximum absolute atomic E-state index is 12.6. The number of anilines is 2. The second-order valence-corrected chi connectivity index (χ2v) is 6.04. The number of likely N-dealkylation sites (N-methyl/N-ethyl adjacent to an activating group) is 2. The largest absolute Gasteiger partial charge is 0.314 e. The third-order valence-corrected chi connectivity index (χ3v) is 4.04. The summed E-state index contributed by atoms with van der Waals surface area (Å²) in [4.78, 5) is 32.3. The summed E-state index contributed by atoms with van der Waals surface area (Å²) in [6, 6.07) is 14.4. The highest BCUT2D eigenvalue weighted by molar-refractivity contribution is 5.97. The highest BCUT2D eigenvalue weighted by Crippen LogP contribution is 2.13. The molecule has 0 saturated heterocycles. The summed E-state index contributed by atoms with van der Waals surface area (Å²) in [6.45, 7) is 3.76. The molecule has 2 rings (SSSR count). The van der Waals surface area contributed by atoms with Crippen LogP contribution in [0.3, 0.4) is 0 Å². The molecule has 1 N–H and O–H groups in total. The molecule has 0 aliphatic rings. The van der Waals surface area contributed by atoms with Gasteiger partial charge in [-0.15, -0.1) is 0 Å². The van der Waals surface area contributed by atoms with Gasteiger partial charge in [0.05, 0.1) is 12.6 Å². The predicted molar refractivity (Wildman–Crippen MR) is 99.5 cm³/mol. The molecule has 6 heteroatoms. The van der Waals surface area contributed by atoms with E-state index in [2.05, 4.69) is 10.3 Å². The molecule has 1 heterocycles. The quantitative estimate of drug-likeness (QED) is 0.876. The van der Waals surface area contributed by atoms with Gasteiger partial charge in [-0.3, -0.25) is 14.5 Å². The van der Waals surface area contributed by atoms with Gasteiger partial charge in [0.25, 0.3) is 0 Å². The zero-order valence-corrected chi connectivity index (χ0v) is 15.1. The number of aromatic nitrogens is 1. The number of amides is 2. The van der Waals surface area contributed by atoms with Crippen LogP contribution in [0.1, 0.15) is 12.6 Å². The zero-order chi connectivity index (χ0) is 18.4. The summed E-state index contributed by atoms with van der Waals surface area (Å²) in [5.74, 6) is 0.233. The van der Waals surface area contributed by atoms with E-state index in [1.165, 1.54) is 0 Å². The summed E-state index contributed by atoms with van der Waals surface area (Å²) in [5.41, 5.74) is 1.65. The predicted octanol–water partition coefficient (Wildman–Crippen LogP) is 2.31. The van der Waals surface area contributed by atoms with Crippen LogP contribution in [0, 0.1) is 6.92 Å². The SMILES string of the molecule is Cc1cccc(NC(=O)CN(C)C(C)C(=O)N(C)c2ccccc2)n1. The fourth-order valence-corrected chi connectivity index (χ4v) is 2.41. The normalized spacial score (nSPS) is 11.9. The molecule has 0 fully saturated rings. The maximum atomic E-state index is 12.6. The second-order valence-electron chi connectivity index (χ2n) is 6.04. The molecule has 0 saturated carbocycles. The molecule has 132 valence electrons. The van der Waals surface area contributed by atoms with Gasteiger partial charge in [0.15, 0.2) is 0 Å². The Labute approximate surface area is 148 Å². The summed E-state index contributed by atoms with van der Waals surface area (Å²) in [6.07, 6.45) is 0. The molecule has 0 aliphatic carbocycles. The van der Waals surface area contributed by atoms with E-state index in [9.17, 15) is 9.59 Å². The Balaban J connectivity index is 1.93. The van der Waals surface area contributed by atoms with Crippen LogP contribution in [-0.2, 0) is 9.59 Å². The van der Waals surface area contributed by atoms with Gasteiger partial charge in [0.2, 0.25) is 11.8 Å². The third-order valence-electron chi connectivity index (χ3n) is 4.04. The van der Waals surface area contributed by atoms with Crippen molar-refractivity contribution in [1.82, 2.24) is 9.88 Å². The molecule has 6 nitrogen and oxygen atoms in total. The number of carbonyl (C=O) groups is 2. The minimum Gasteiger partial charge on any atom is -0.314 e. The summed E-state index contributed by atoms with van der Waals surface area (Å²) < 4.78 is 0. The van der Waals surface area contributed by atoms with E-state index in [1.54, 1.807) is 36.9 Å². The van der Waals surface area contributed by atoms with E-state index in [-0.39, 0.29) is 18.4 Å². The minimum absolute atomic E-state index is 0.0739. The van der Waals surface area contributed by atoms with Crippen molar-refractivity contribution in [3.8, 4) is 0 Å². The first-order valence-electron chi connectivity index (χ1n) is 8.15. The van der Waals surface area contributed by atoms with Crippen molar-refractivity contribution in [2.45, 2.75) is 19.9 Å². The highest BCUT2D eigenvalue weighted by Gasteiger charge is 2.24. The fourth-order valence-electron chi connectivity index (χ4n) is 2.41. The van der Waals surface area contributed by atoms with Crippen LogP contribution < -0.4 is 10.2 Å². The second kappa shape index (κ2) is 8.39. The van der Waals surface area contributed by atoms with Gasteiger partial charge in [-0.2, -0.15) is 0 Å². The number of carbonyl (C=O) groups excluding carboxylic acids is 2. The van der Waals surface area contributed by atoms with Gasteiger partial charge >= 0.3 is 0 Å². The number of nitrogens with zero attached hydrogens (tertiary/aromatic N) is 3. The Hall–Kier alpha value is -2.73. The van der Waals surface area contributed by atoms with Crippen molar-refractivity contribution in [3.63, 3.8) is 0 Å². The van der Waals surface area contributed by atoms with Crippen molar-refractivity contribution in [2.75, 3.05) is 30.9 Å². The smallest absolute Gasteiger partial charge is 0.243 e. The van der Waals surface area contributed by atoms with Crippen molar-refractivity contribution in [3.05, 3.63) is 54.2 Å². The van der Waals surface area contributed by atoms with Crippen LogP contribution in [0.5, 0.6) is 0 Å².